The third-order valence-corrected chi connectivity index (χ3v) is 5.66. The van der Waals surface area contributed by atoms with Gasteiger partial charge in [0.05, 0.1) is 22.9 Å². The highest BCUT2D eigenvalue weighted by atomic mass is 16.5. The van der Waals surface area contributed by atoms with Crippen LogP contribution in [0.15, 0.2) is 90.3 Å². The van der Waals surface area contributed by atoms with Crippen molar-refractivity contribution < 1.29 is 24.2 Å². The Morgan fingerprint density at radius 2 is 1.77 bits per heavy atom. The van der Waals surface area contributed by atoms with E-state index >= 15 is 0 Å². The second-order valence-corrected chi connectivity index (χ2v) is 8.51. The Morgan fingerprint density at radius 1 is 1.03 bits per heavy atom. The van der Waals surface area contributed by atoms with Crippen molar-refractivity contribution in [1.29, 1.82) is 0 Å². The summed E-state index contributed by atoms with van der Waals surface area (Å²) in [4.78, 5) is 44.7. The van der Waals surface area contributed by atoms with Gasteiger partial charge in [-0.05, 0) is 56.2 Å². The van der Waals surface area contributed by atoms with Crippen LogP contribution in [0.2, 0.25) is 0 Å². The van der Waals surface area contributed by atoms with Crippen molar-refractivity contribution in [2.45, 2.75) is 38.8 Å². The molecule has 0 aliphatic carbocycles. The lowest BCUT2D eigenvalue weighted by molar-refractivity contribution is -0.118. The van der Waals surface area contributed by atoms with E-state index in [1.807, 2.05) is 30.3 Å². The highest BCUT2D eigenvalue weighted by Gasteiger charge is 2.44. The first-order valence-electron chi connectivity index (χ1n) is 11.4. The minimum Gasteiger partial charge on any atom is -0.503 e. The summed E-state index contributed by atoms with van der Waals surface area (Å²) < 4.78 is 5.28. The predicted octanol–water partition coefficient (Wildman–Crippen LogP) is 4.75. The molecule has 3 aromatic rings. The first-order chi connectivity index (χ1) is 16.9. The summed E-state index contributed by atoms with van der Waals surface area (Å²) in [5.41, 5.74) is 2.02. The van der Waals surface area contributed by atoms with Gasteiger partial charge in [0.2, 0.25) is 0 Å². The number of anilines is 1. The largest absolute Gasteiger partial charge is 0.503 e. The van der Waals surface area contributed by atoms with E-state index in [1.165, 1.54) is 11.0 Å². The smallest absolute Gasteiger partial charge is 0.338 e. The zero-order valence-electron chi connectivity index (χ0n) is 19.5. The molecule has 7 heteroatoms. The van der Waals surface area contributed by atoms with E-state index in [4.69, 9.17) is 4.74 Å². The molecule has 1 aliphatic heterocycles. The van der Waals surface area contributed by atoms with Crippen LogP contribution in [0.4, 0.5) is 5.69 Å². The molecule has 0 spiro atoms. The minimum absolute atomic E-state index is 0.000193. The molecule has 7 nitrogen and oxygen atoms in total. The third kappa shape index (κ3) is 5.14. The summed E-state index contributed by atoms with van der Waals surface area (Å²) in [6.07, 6.45) is 1.85. The van der Waals surface area contributed by atoms with Gasteiger partial charge in [-0.25, -0.2) is 4.79 Å². The number of Topliss-reactive ketones (excluding diaryl/α,β-unsaturated/α-hetero) is 1. The van der Waals surface area contributed by atoms with Crippen molar-refractivity contribution in [2.24, 2.45) is 0 Å². The van der Waals surface area contributed by atoms with Gasteiger partial charge in [-0.3, -0.25) is 19.5 Å². The van der Waals surface area contributed by atoms with E-state index in [2.05, 4.69) is 4.98 Å². The lowest BCUT2D eigenvalue weighted by Gasteiger charge is -2.26. The molecule has 178 valence electrons. The van der Waals surface area contributed by atoms with E-state index in [9.17, 15) is 19.5 Å². The molecule has 0 saturated heterocycles. The second-order valence-electron chi connectivity index (χ2n) is 8.51. The van der Waals surface area contributed by atoms with Gasteiger partial charge in [0, 0.05) is 18.3 Å². The van der Waals surface area contributed by atoms with Gasteiger partial charge in [0.25, 0.3) is 5.91 Å². The van der Waals surface area contributed by atoms with E-state index < -0.39 is 23.7 Å². The number of esters is 1. The Hall–Kier alpha value is -4.26. The number of aromatic nitrogens is 1. The highest BCUT2D eigenvalue weighted by molar-refractivity contribution is 6.16. The van der Waals surface area contributed by atoms with Crippen molar-refractivity contribution >= 4 is 23.3 Å². The fraction of sp³-hybridized carbons (Fsp3) is 0.214. The Morgan fingerprint density at radius 3 is 2.46 bits per heavy atom. The van der Waals surface area contributed by atoms with Crippen molar-refractivity contribution in [3.63, 3.8) is 0 Å². The van der Waals surface area contributed by atoms with Crippen LogP contribution in [0.25, 0.3) is 0 Å². The first-order valence-corrected chi connectivity index (χ1v) is 11.4. The van der Waals surface area contributed by atoms with Gasteiger partial charge in [0.15, 0.2) is 11.5 Å². The second kappa shape index (κ2) is 10.3. The molecule has 1 unspecified atom stereocenters. The molecular formula is C28H26N2O5. The summed E-state index contributed by atoms with van der Waals surface area (Å²) >= 11 is 0. The summed E-state index contributed by atoms with van der Waals surface area (Å²) in [6.45, 7) is 3.50. The average Bonchev–Trinajstić information content (AvgIpc) is 3.14. The number of aliphatic hydroxyl groups is 1. The topological polar surface area (TPSA) is 96.8 Å². The number of ketones is 1. The Balaban J connectivity index is 1.70. The first kappa shape index (κ1) is 23.9. The number of nitrogens with zero attached hydrogens (tertiary/aromatic N) is 2. The lowest BCUT2D eigenvalue weighted by Crippen LogP contribution is -2.31. The summed E-state index contributed by atoms with van der Waals surface area (Å²) in [5.74, 6) is -2.19. The fourth-order valence-corrected chi connectivity index (χ4v) is 4.08. The van der Waals surface area contributed by atoms with Crippen LogP contribution < -0.4 is 4.90 Å². The number of aryl methyl sites for hydroxylation is 1. The number of carbonyl (C=O) groups excluding carboxylic acids is 3. The van der Waals surface area contributed by atoms with Crippen molar-refractivity contribution in [3.05, 3.63) is 107 Å². The van der Waals surface area contributed by atoms with Crippen molar-refractivity contribution in [2.75, 3.05) is 4.90 Å². The molecule has 0 fully saturated rings. The molecule has 0 bridgehead atoms. The maximum Gasteiger partial charge on any atom is 0.338 e. The van der Waals surface area contributed by atoms with Gasteiger partial charge in [-0.15, -0.1) is 0 Å². The minimum atomic E-state index is -0.927. The molecule has 1 amide bonds. The molecular weight excluding hydrogens is 444 g/mol. The maximum absolute atomic E-state index is 13.3. The maximum atomic E-state index is 13.3. The molecule has 1 aromatic heterocycles. The molecule has 1 atom stereocenters. The van der Waals surface area contributed by atoms with Gasteiger partial charge in [0.1, 0.15) is 6.04 Å². The number of ether oxygens (including phenoxy) is 1. The Bertz CT molecular complexity index is 1270. The number of amides is 1. The van der Waals surface area contributed by atoms with Crippen LogP contribution in [0.3, 0.4) is 0 Å². The van der Waals surface area contributed by atoms with E-state index in [1.54, 1.807) is 56.4 Å². The number of hydrogen-bond donors (Lipinski definition) is 1. The SMILES string of the molecule is CC(C)OC(=O)c1cccc(N2C(=O)C(O)=C(C(=O)CCc3ccccc3)C2c2ccccn2)c1. The van der Waals surface area contributed by atoms with Gasteiger partial charge >= 0.3 is 5.97 Å². The highest BCUT2D eigenvalue weighted by Crippen LogP contribution is 2.41. The zero-order valence-corrected chi connectivity index (χ0v) is 19.5. The number of pyridine rings is 1. The van der Waals surface area contributed by atoms with Gasteiger partial charge < -0.3 is 9.84 Å². The van der Waals surface area contributed by atoms with Crippen molar-refractivity contribution in [1.82, 2.24) is 4.98 Å². The molecule has 1 N–H and O–H groups in total. The predicted molar refractivity (Wildman–Crippen MR) is 131 cm³/mol. The summed E-state index contributed by atoms with van der Waals surface area (Å²) in [5, 5.41) is 10.8. The van der Waals surface area contributed by atoms with Crippen LogP contribution in [0, 0.1) is 0 Å². The van der Waals surface area contributed by atoms with Gasteiger partial charge in [-0.1, -0.05) is 42.5 Å². The zero-order chi connectivity index (χ0) is 24.9. The molecule has 4 rings (SSSR count). The molecule has 0 saturated carbocycles. The molecule has 35 heavy (non-hydrogen) atoms. The van der Waals surface area contributed by atoms with Crippen LogP contribution >= 0.6 is 0 Å². The molecule has 0 radical (unpaired) electrons. The molecule has 2 heterocycles. The van der Waals surface area contributed by atoms with Crippen LogP contribution in [-0.4, -0.2) is 33.9 Å². The fourth-order valence-electron chi connectivity index (χ4n) is 4.08. The number of hydrogen-bond acceptors (Lipinski definition) is 6. The van der Waals surface area contributed by atoms with Gasteiger partial charge in [-0.2, -0.15) is 0 Å². The lowest BCUT2D eigenvalue weighted by atomic mass is 9.95. The summed E-state index contributed by atoms with van der Waals surface area (Å²) in [7, 11) is 0. The van der Waals surface area contributed by atoms with Crippen LogP contribution in [0.1, 0.15) is 47.9 Å². The van der Waals surface area contributed by atoms with Crippen LogP contribution in [-0.2, 0) is 20.7 Å². The average molecular weight is 471 g/mol. The quantitative estimate of drug-likeness (QED) is 0.477. The molecule has 1 aliphatic rings. The Labute approximate surface area is 203 Å². The number of aliphatic hydroxyl groups excluding tert-OH is 1. The van der Waals surface area contributed by atoms with E-state index in [-0.39, 0.29) is 29.4 Å². The Kier molecular flexibility index (Phi) is 7.06. The monoisotopic (exact) mass is 470 g/mol. The number of carbonyl (C=O) groups is 3. The summed E-state index contributed by atoms with van der Waals surface area (Å²) in [6, 6.07) is 20.2. The van der Waals surface area contributed by atoms with E-state index in [0.29, 0.717) is 17.8 Å². The third-order valence-electron chi connectivity index (χ3n) is 5.66. The standard InChI is InChI=1S/C28H26N2O5/c1-18(2)35-28(34)20-11-8-12-21(17-20)30-25(22-13-6-7-16-29-22)24(26(32)27(30)33)23(31)15-14-19-9-4-3-5-10-19/h3-13,16-18,25,32H,14-15H2,1-2H3. The number of benzene rings is 2. The molecule has 2 aromatic carbocycles. The van der Waals surface area contributed by atoms with Crippen LogP contribution in [0.5, 0.6) is 0 Å². The van der Waals surface area contributed by atoms with E-state index in [0.717, 1.165) is 5.56 Å². The normalized spacial score (nSPS) is 15.6. The number of rotatable bonds is 8. The van der Waals surface area contributed by atoms with Crippen molar-refractivity contribution in [3.8, 4) is 0 Å².